The van der Waals surface area contributed by atoms with Crippen LogP contribution in [0, 0.1) is 0 Å². The van der Waals surface area contributed by atoms with Crippen molar-refractivity contribution in [2.24, 2.45) is 0 Å². The first kappa shape index (κ1) is 17.1. The van der Waals surface area contributed by atoms with Crippen LogP contribution in [0.4, 0.5) is 5.69 Å². The molecular formula is C19H20N4OS. The van der Waals surface area contributed by atoms with E-state index in [-0.39, 0.29) is 12.3 Å². The van der Waals surface area contributed by atoms with Crippen molar-refractivity contribution in [3.8, 4) is 10.6 Å². The number of nitrogens with one attached hydrogen (secondary N) is 1. The number of nitrogens with zero attached hydrogens (tertiary/aromatic N) is 3. The second-order valence-electron chi connectivity index (χ2n) is 5.90. The van der Waals surface area contributed by atoms with E-state index in [4.69, 9.17) is 0 Å². The van der Waals surface area contributed by atoms with Crippen LogP contribution in [0.3, 0.4) is 0 Å². The molecule has 0 fully saturated rings. The van der Waals surface area contributed by atoms with Crippen molar-refractivity contribution >= 4 is 22.9 Å². The molecule has 0 atom stereocenters. The molecule has 0 aliphatic heterocycles. The monoisotopic (exact) mass is 352 g/mol. The largest absolute Gasteiger partial charge is 0.378 e. The van der Waals surface area contributed by atoms with Crippen LogP contribution in [0.1, 0.15) is 11.3 Å². The van der Waals surface area contributed by atoms with Crippen LogP contribution in [-0.4, -0.2) is 30.0 Å². The molecule has 1 N–H and O–H groups in total. The maximum Gasteiger partial charge on any atom is 0.226 e. The summed E-state index contributed by atoms with van der Waals surface area (Å²) in [7, 11) is 4.01. The first-order valence-corrected chi connectivity index (χ1v) is 8.87. The SMILES string of the molecule is CN(C)c1ccc(CNC(=O)Cc2csc(-c3cccnc3)n2)cc1. The van der Waals surface area contributed by atoms with Gasteiger partial charge in [0.05, 0.1) is 12.1 Å². The molecule has 0 unspecified atom stereocenters. The number of aromatic nitrogens is 2. The second-order valence-corrected chi connectivity index (χ2v) is 6.76. The quantitative estimate of drug-likeness (QED) is 0.740. The number of hydrogen-bond donors (Lipinski definition) is 1. The van der Waals surface area contributed by atoms with Crippen molar-refractivity contribution < 1.29 is 4.79 Å². The first-order valence-electron chi connectivity index (χ1n) is 7.99. The zero-order chi connectivity index (χ0) is 17.6. The lowest BCUT2D eigenvalue weighted by molar-refractivity contribution is -0.120. The van der Waals surface area contributed by atoms with E-state index in [0.717, 1.165) is 27.5 Å². The average Bonchev–Trinajstić information content (AvgIpc) is 3.09. The van der Waals surface area contributed by atoms with Gasteiger partial charge in [-0.25, -0.2) is 4.98 Å². The Morgan fingerprint density at radius 2 is 2.00 bits per heavy atom. The highest BCUT2D eigenvalue weighted by molar-refractivity contribution is 7.13. The molecule has 0 aliphatic rings. The number of hydrogen-bond acceptors (Lipinski definition) is 5. The minimum atomic E-state index is -0.0280. The molecular weight excluding hydrogens is 332 g/mol. The van der Waals surface area contributed by atoms with Gasteiger partial charge in [-0.2, -0.15) is 0 Å². The fourth-order valence-electron chi connectivity index (χ4n) is 2.35. The third-order valence-electron chi connectivity index (χ3n) is 3.74. The molecule has 1 amide bonds. The zero-order valence-corrected chi connectivity index (χ0v) is 15.1. The number of carbonyl (C=O) groups is 1. The molecule has 3 aromatic rings. The lowest BCUT2D eigenvalue weighted by Crippen LogP contribution is -2.24. The topological polar surface area (TPSA) is 58.1 Å². The maximum absolute atomic E-state index is 12.1. The fraction of sp³-hybridized carbons (Fsp3) is 0.211. The second kappa shape index (κ2) is 7.90. The molecule has 6 heteroatoms. The highest BCUT2D eigenvalue weighted by atomic mass is 32.1. The molecule has 0 radical (unpaired) electrons. The number of amides is 1. The van der Waals surface area contributed by atoms with Gasteiger partial charge < -0.3 is 10.2 Å². The first-order chi connectivity index (χ1) is 12.1. The molecule has 1 aromatic carbocycles. The van der Waals surface area contributed by atoms with E-state index in [0.29, 0.717) is 6.54 Å². The number of rotatable bonds is 6. The summed E-state index contributed by atoms with van der Waals surface area (Å²) >= 11 is 1.53. The normalized spacial score (nSPS) is 10.5. The van der Waals surface area contributed by atoms with Gasteiger partial charge in [0, 0.05) is 49.7 Å². The average molecular weight is 352 g/mol. The van der Waals surface area contributed by atoms with Crippen LogP contribution in [0.15, 0.2) is 54.2 Å². The predicted molar refractivity (Wildman–Crippen MR) is 102 cm³/mol. The van der Waals surface area contributed by atoms with Gasteiger partial charge in [0.15, 0.2) is 0 Å². The van der Waals surface area contributed by atoms with Crippen molar-refractivity contribution in [3.63, 3.8) is 0 Å². The molecule has 5 nitrogen and oxygen atoms in total. The van der Waals surface area contributed by atoms with Gasteiger partial charge in [-0.05, 0) is 29.8 Å². The minimum Gasteiger partial charge on any atom is -0.378 e. The molecule has 0 bridgehead atoms. The van der Waals surface area contributed by atoms with Gasteiger partial charge in [0.2, 0.25) is 5.91 Å². The summed E-state index contributed by atoms with van der Waals surface area (Å²) in [6.45, 7) is 0.520. The standard InChI is InChI=1S/C19H20N4OS/c1-23(2)17-7-5-14(6-8-17)11-21-18(24)10-16-13-25-19(22-16)15-4-3-9-20-12-15/h3-9,12-13H,10-11H2,1-2H3,(H,21,24). The van der Waals surface area contributed by atoms with Crippen LogP contribution in [0.2, 0.25) is 0 Å². The highest BCUT2D eigenvalue weighted by Crippen LogP contribution is 2.22. The van der Waals surface area contributed by atoms with Gasteiger partial charge in [-0.1, -0.05) is 12.1 Å². The Labute approximate surface area is 151 Å². The lowest BCUT2D eigenvalue weighted by atomic mass is 10.2. The van der Waals surface area contributed by atoms with E-state index >= 15 is 0 Å². The summed E-state index contributed by atoms with van der Waals surface area (Å²) in [4.78, 5) is 22.8. The van der Waals surface area contributed by atoms with Gasteiger partial charge >= 0.3 is 0 Å². The third-order valence-corrected chi connectivity index (χ3v) is 4.68. The zero-order valence-electron chi connectivity index (χ0n) is 14.3. The smallest absolute Gasteiger partial charge is 0.226 e. The molecule has 0 saturated carbocycles. The highest BCUT2D eigenvalue weighted by Gasteiger charge is 2.09. The molecule has 2 heterocycles. The number of thiazole rings is 1. The molecule has 128 valence electrons. The lowest BCUT2D eigenvalue weighted by Gasteiger charge is -2.12. The summed E-state index contributed by atoms with van der Waals surface area (Å²) in [5.41, 5.74) is 3.97. The minimum absolute atomic E-state index is 0.0280. The van der Waals surface area contributed by atoms with E-state index < -0.39 is 0 Å². The number of anilines is 1. The number of benzene rings is 1. The molecule has 0 saturated heterocycles. The van der Waals surface area contributed by atoms with Crippen LogP contribution < -0.4 is 10.2 Å². The molecule has 2 aromatic heterocycles. The van der Waals surface area contributed by atoms with E-state index in [1.807, 2.05) is 60.8 Å². The summed E-state index contributed by atoms with van der Waals surface area (Å²) in [6.07, 6.45) is 3.79. The summed E-state index contributed by atoms with van der Waals surface area (Å²) in [5.74, 6) is -0.0280. The fourth-order valence-corrected chi connectivity index (χ4v) is 3.16. The number of pyridine rings is 1. The van der Waals surface area contributed by atoms with Crippen LogP contribution in [0.25, 0.3) is 10.6 Å². The van der Waals surface area contributed by atoms with E-state index in [1.165, 1.54) is 11.3 Å². The van der Waals surface area contributed by atoms with E-state index in [9.17, 15) is 4.79 Å². The van der Waals surface area contributed by atoms with Gasteiger partial charge in [-0.3, -0.25) is 9.78 Å². The van der Waals surface area contributed by atoms with Crippen molar-refractivity contribution in [2.75, 3.05) is 19.0 Å². The maximum atomic E-state index is 12.1. The van der Waals surface area contributed by atoms with Gasteiger partial charge in [0.25, 0.3) is 0 Å². The van der Waals surface area contributed by atoms with Crippen molar-refractivity contribution in [2.45, 2.75) is 13.0 Å². The predicted octanol–water partition coefficient (Wildman–Crippen LogP) is 3.13. The van der Waals surface area contributed by atoms with Gasteiger partial charge in [0.1, 0.15) is 5.01 Å². The van der Waals surface area contributed by atoms with Crippen LogP contribution in [-0.2, 0) is 17.8 Å². The number of carbonyl (C=O) groups excluding carboxylic acids is 1. The Kier molecular flexibility index (Phi) is 5.40. The van der Waals surface area contributed by atoms with E-state index in [1.54, 1.807) is 12.4 Å². The van der Waals surface area contributed by atoms with Crippen molar-refractivity contribution in [1.82, 2.24) is 15.3 Å². The summed E-state index contributed by atoms with van der Waals surface area (Å²) in [5, 5.41) is 5.75. The molecule has 3 rings (SSSR count). The van der Waals surface area contributed by atoms with E-state index in [2.05, 4.69) is 15.3 Å². The Morgan fingerprint density at radius 3 is 2.68 bits per heavy atom. The van der Waals surface area contributed by atoms with Crippen LogP contribution in [0.5, 0.6) is 0 Å². The van der Waals surface area contributed by atoms with Crippen molar-refractivity contribution in [1.29, 1.82) is 0 Å². The Balaban J connectivity index is 1.53. The third kappa shape index (κ3) is 4.64. The summed E-state index contributed by atoms with van der Waals surface area (Å²) < 4.78 is 0. The summed E-state index contributed by atoms with van der Waals surface area (Å²) in [6, 6.07) is 12.0. The Bertz CT molecular complexity index is 828. The molecule has 0 aliphatic carbocycles. The van der Waals surface area contributed by atoms with Crippen LogP contribution >= 0.6 is 11.3 Å². The molecule has 0 spiro atoms. The van der Waals surface area contributed by atoms with Crippen molar-refractivity contribution in [3.05, 3.63) is 65.4 Å². The molecule has 25 heavy (non-hydrogen) atoms. The Morgan fingerprint density at radius 1 is 1.20 bits per heavy atom. The van der Waals surface area contributed by atoms with Gasteiger partial charge in [-0.15, -0.1) is 11.3 Å². The Hall–Kier alpha value is -2.73.